The molecule has 2 N–H and O–H groups in total. The van der Waals surface area contributed by atoms with E-state index >= 15 is 0 Å². The summed E-state index contributed by atoms with van der Waals surface area (Å²) in [6.07, 6.45) is 10.4. The van der Waals surface area contributed by atoms with Crippen LogP contribution in [0.25, 0.3) is 33.8 Å². The molecule has 2 aliphatic rings. The molecular formula is C26H28ClIN6O4S. The zero-order valence-corrected chi connectivity index (χ0v) is 25.2. The fourth-order valence-corrected chi connectivity index (χ4v) is 8.47. The van der Waals surface area contributed by atoms with E-state index in [4.69, 9.17) is 26.1 Å². The van der Waals surface area contributed by atoms with Crippen molar-refractivity contribution in [3.63, 3.8) is 0 Å². The lowest BCUT2D eigenvalue weighted by atomic mass is 9.67. The van der Waals surface area contributed by atoms with E-state index < -0.39 is 15.6 Å². The number of aromatic amines is 2. The van der Waals surface area contributed by atoms with E-state index in [0.717, 1.165) is 6.42 Å². The molecule has 4 atom stereocenters. The minimum atomic E-state index is -3.31. The van der Waals surface area contributed by atoms with Gasteiger partial charge in [-0.15, -0.1) is 0 Å². The van der Waals surface area contributed by atoms with E-state index in [9.17, 15) is 13.2 Å². The van der Waals surface area contributed by atoms with Crippen LogP contribution in [-0.4, -0.2) is 54.4 Å². The van der Waals surface area contributed by atoms with Crippen molar-refractivity contribution in [2.24, 2.45) is 17.3 Å². The smallest absolute Gasteiger partial charge is 0.342 e. The maximum absolute atomic E-state index is 12.7. The van der Waals surface area contributed by atoms with Gasteiger partial charge < -0.3 is 4.98 Å². The van der Waals surface area contributed by atoms with E-state index in [1.807, 2.05) is 0 Å². The second-order valence-corrected chi connectivity index (χ2v) is 15.5. The molecule has 2 aliphatic carbocycles. The number of hydrogen-bond donors (Lipinski definition) is 2. The van der Waals surface area contributed by atoms with Crippen molar-refractivity contribution in [2.45, 2.75) is 48.9 Å². The Bertz CT molecular complexity index is 1710. The quantitative estimate of drug-likeness (QED) is 0.201. The highest BCUT2D eigenvalue weighted by Gasteiger charge is 2.54. The predicted octanol–water partition coefficient (Wildman–Crippen LogP) is 5.16. The van der Waals surface area contributed by atoms with Crippen LogP contribution in [0.1, 0.15) is 50.8 Å². The molecule has 4 aromatic rings. The number of nitrogens with one attached hydrogen (secondary N) is 2. The van der Waals surface area contributed by atoms with Crippen molar-refractivity contribution >= 4 is 55.1 Å². The first kappa shape index (κ1) is 26.9. The number of hydrogen-bond acceptors (Lipinski definition) is 8. The second kappa shape index (κ2) is 9.95. The average Bonchev–Trinajstić information content (AvgIpc) is 3.30. The van der Waals surface area contributed by atoms with Gasteiger partial charge in [0, 0.05) is 34.1 Å². The topological polar surface area (TPSA) is 147 Å². The Morgan fingerprint density at radius 3 is 2.67 bits per heavy atom. The molecule has 0 aliphatic heterocycles. The van der Waals surface area contributed by atoms with Crippen molar-refractivity contribution in [1.29, 1.82) is 0 Å². The van der Waals surface area contributed by atoms with E-state index in [1.165, 1.54) is 38.1 Å². The van der Waals surface area contributed by atoms with Gasteiger partial charge in [0.2, 0.25) is 5.82 Å². The highest BCUT2D eigenvalue weighted by Crippen LogP contribution is 2.63. The van der Waals surface area contributed by atoms with Gasteiger partial charge in [-0.2, -0.15) is 0 Å². The fraction of sp³-hybridized carbons (Fsp3) is 0.500. The third-order valence-corrected chi connectivity index (χ3v) is 10.7. The van der Waals surface area contributed by atoms with Gasteiger partial charge in [0.1, 0.15) is 32.6 Å². The predicted molar refractivity (Wildman–Crippen MR) is 157 cm³/mol. The van der Waals surface area contributed by atoms with Crippen LogP contribution in [0.5, 0.6) is 0 Å². The molecular weight excluding hydrogens is 655 g/mol. The summed E-state index contributed by atoms with van der Waals surface area (Å²) in [7, 11) is -3.31. The fourth-order valence-electron chi connectivity index (χ4n) is 6.33. The van der Waals surface area contributed by atoms with Crippen LogP contribution < -0.4 is 5.76 Å². The Hall–Kier alpha value is -2.32. The molecule has 0 aromatic carbocycles. The van der Waals surface area contributed by atoms with Gasteiger partial charge in [0.05, 0.1) is 16.3 Å². The lowest BCUT2D eigenvalue weighted by molar-refractivity contribution is 0.140. The van der Waals surface area contributed by atoms with Crippen LogP contribution in [0.3, 0.4) is 0 Å². The lowest BCUT2D eigenvalue weighted by Crippen LogP contribution is -2.36. The number of aromatic nitrogens is 6. The first-order valence-corrected chi connectivity index (χ1v) is 16.6. The molecule has 10 nitrogen and oxygen atoms in total. The SMILES string of the molecule is CC(C(CS(C)(=O)=O)c1nc2c(-c3cncc(Cl)c3)nc(-c3noc(=O)[nH]3)cc2[nH]1)C1C[C@H](I)CCC12CC2. The zero-order valence-electron chi connectivity index (χ0n) is 21.4. The normalized spacial score (nSPS) is 22.3. The summed E-state index contributed by atoms with van der Waals surface area (Å²) < 4.78 is 30.7. The molecule has 1 spiro atoms. The van der Waals surface area contributed by atoms with Gasteiger partial charge >= 0.3 is 5.76 Å². The summed E-state index contributed by atoms with van der Waals surface area (Å²) in [5.41, 5.74) is 3.00. The lowest BCUT2D eigenvalue weighted by Gasteiger charge is -2.41. The minimum Gasteiger partial charge on any atom is -0.342 e. The van der Waals surface area contributed by atoms with Gasteiger partial charge in [-0.05, 0) is 61.5 Å². The molecule has 2 saturated carbocycles. The number of fused-ring (bicyclic) bond motifs is 1. The molecule has 0 amide bonds. The molecule has 0 radical (unpaired) electrons. The Kier molecular flexibility index (Phi) is 6.86. The van der Waals surface area contributed by atoms with E-state index in [2.05, 4.69) is 49.6 Å². The van der Waals surface area contributed by atoms with Crippen molar-refractivity contribution in [3.8, 4) is 22.8 Å². The molecule has 13 heteroatoms. The average molecular weight is 683 g/mol. The molecule has 3 unspecified atom stereocenters. The van der Waals surface area contributed by atoms with Crippen LogP contribution in [0.2, 0.25) is 5.02 Å². The van der Waals surface area contributed by atoms with Crippen molar-refractivity contribution in [3.05, 3.63) is 45.9 Å². The van der Waals surface area contributed by atoms with E-state index in [-0.39, 0.29) is 23.4 Å². The van der Waals surface area contributed by atoms with E-state index in [1.54, 1.807) is 18.3 Å². The standard InChI is InChI=1S/C26H28ClIN6O4S/c1-13(18-8-16(28)3-4-26(18)5-6-26)17(12-39(2,36)37)23-31-19-9-20(24-33-25(35)38-34-24)30-21(22(19)32-23)14-7-15(27)11-29-10-14/h7,9-11,13,16-18H,3-6,8,12H2,1-2H3,(H,31,32)(H,33,34,35)/t13?,16-,17?,18?/m1/s1. The number of halogens is 2. The summed E-state index contributed by atoms with van der Waals surface area (Å²) in [5, 5.41) is 4.23. The van der Waals surface area contributed by atoms with Crippen molar-refractivity contribution in [1.82, 2.24) is 30.1 Å². The van der Waals surface area contributed by atoms with Crippen molar-refractivity contribution in [2.75, 3.05) is 12.0 Å². The maximum atomic E-state index is 12.7. The second-order valence-electron chi connectivity index (χ2n) is 11.1. The van der Waals surface area contributed by atoms with Crippen LogP contribution in [0, 0.1) is 17.3 Å². The third kappa shape index (κ3) is 5.39. The van der Waals surface area contributed by atoms with Crippen LogP contribution in [0.15, 0.2) is 33.8 Å². The summed E-state index contributed by atoms with van der Waals surface area (Å²) in [5.74, 6) is 0.295. The molecule has 6 rings (SSSR count). The van der Waals surface area contributed by atoms with Gasteiger partial charge in [-0.3, -0.25) is 14.5 Å². The van der Waals surface area contributed by atoms with E-state index in [0.29, 0.717) is 54.1 Å². The zero-order chi connectivity index (χ0) is 27.5. The molecule has 0 bridgehead atoms. The number of sulfone groups is 1. The van der Waals surface area contributed by atoms with Crippen molar-refractivity contribution < 1.29 is 12.9 Å². The summed E-state index contributed by atoms with van der Waals surface area (Å²) in [6, 6.07) is 3.46. The number of nitrogens with zero attached hydrogens (tertiary/aromatic N) is 4. The number of alkyl halides is 1. The number of H-pyrrole nitrogens is 2. The molecule has 206 valence electrons. The first-order chi connectivity index (χ1) is 18.5. The Balaban J connectivity index is 1.50. The largest absolute Gasteiger partial charge is 0.439 e. The van der Waals surface area contributed by atoms with Gasteiger partial charge in [0.15, 0.2) is 0 Å². The van der Waals surface area contributed by atoms with Crippen LogP contribution in [0.4, 0.5) is 0 Å². The van der Waals surface area contributed by atoms with Gasteiger partial charge in [0.25, 0.3) is 0 Å². The summed E-state index contributed by atoms with van der Waals surface area (Å²) in [4.78, 5) is 31.5. The summed E-state index contributed by atoms with van der Waals surface area (Å²) >= 11 is 8.79. The monoisotopic (exact) mass is 682 g/mol. The highest BCUT2D eigenvalue weighted by atomic mass is 127. The third-order valence-electron chi connectivity index (χ3n) is 8.40. The maximum Gasteiger partial charge on any atom is 0.439 e. The van der Waals surface area contributed by atoms with Crippen LogP contribution in [-0.2, 0) is 9.84 Å². The van der Waals surface area contributed by atoms with Crippen LogP contribution >= 0.6 is 34.2 Å². The molecule has 4 heterocycles. The Morgan fingerprint density at radius 2 is 2.00 bits per heavy atom. The Morgan fingerprint density at radius 1 is 1.21 bits per heavy atom. The highest BCUT2D eigenvalue weighted by molar-refractivity contribution is 14.1. The minimum absolute atomic E-state index is 0.00255. The number of pyridine rings is 2. The van der Waals surface area contributed by atoms with Gasteiger partial charge in [-0.1, -0.05) is 46.3 Å². The molecule has 2 fully saturated rings. The number of rotatable bonds is 7. The summed E-state index contributed by atoms with van der Waals surface area (Å²) in [6.45, 7) is 2.19. The Labute approximate surface area is 243 Å². The van der Waals surface area contributed by atoms with Gasteiger partial charge in [-0.25, -0.2) is 23.2 Å². The first-order valence-electron chi connectivity index (χ1n) is 12.9. The molecule has 39 heavy (non-hydrogen) atoms. The molecule has 0 saturated heterocycles. The molecule has 4 aromatic heterocycles. The number of imidazole rings is 1.